The summed E-state index contributed by atoms with van der Waals surface area (Å²) in [7, 11) is 0. The predicted molar refractivity (Wildman–Crippen MR) is 102 cm³/mol. The molecule has 1 aliphatic rings. The Hall–Kier alpha value is -3.22. The van der Waals surface area contributed by atoms with Crippen LogP contribution < -0.4 is 10.6 Å². The van der Waals surface area contributed by atoms with Crippen LogP contribution in [0.15, 0.2) is 54.3 Å². The number of pyridine rings is 2. The summed E-state index contributed by atoms with van der Waals surface area (Å²) in [6.07, 6.45) is 7.40. The quantitative estimate of drug-likeness (QED) is 0.601. The molecule has 0 saturated carbocycles. The van der Waals surface area contributed by atoms with Crippen molar-refractivity contribution >= 4 is 16.9 Å². The van der Waals surface area contributed by atoms with Crippen LogP contribution in [0.3, 0.4) is 0 Å². The van der Waals surface area contributed by atoms with E-state index < -0.39 is 5.95 Å². The van der Waals surface area contributed by atoms with Crippen molar-refractivity contribution in [3.8, 4) is 0 Å². The van der Waals surface area contributed by atoms with Gasteiger partial charge in [-0.2, -0.15) is 4.39 Å². The summed E-state index contributed by atoms with van der Waals surface area (Å²) in [4.78, 5) is 11.4. The molecule has 0 bridgehead atoms. The molecule has 0 aromatic carbocycles. The Morgan fingerprint density at radius 2 is 2.11 bits per heavy atom. The Bertz CT molecular complexity index is 1050. The molecule has 0 aliphatic carbocycles. The number of dihydropyridines is 1. The van der Waals surface area contributed by atoms with E-state index in [2.05, 4.69) is 25.6 Å². The number of aromatic amines is 1. The second-order valence-electron chi connectivity index (χ2n) is 6.54. The molecule has 0 amide bonds. The zero-order valence-electron chi connectivity index (χ0n) is 14.8. The SMILES string of the molecule is Cc1cnc2[nH]cc(Cc3ccc(NCC4=C(F)CNC=C4)nc3F)c2c1. The molecule has 0 atom stereocenters. The lowest BCUT2D eigenvalue weighted by Gasteiger charge is -2.13. The molecule has 0 fully saturated rings. The first-order chi connectivity index (χ1) is 13.1. The van der Waals surface area contributed by atoms with Gasteiger partial charge in [0.15, 0.2) is 0 Å². The van der Waals surface area contributed by atoms with Gasteiger partial charge in [0.25, 0.3) is 0 Å². The predicted octanol–water partition coefficient (Wildman–Crippen LogP) is 3.75. The van der Waals surface area contributed by atoms with Gasteiger partial charge >= 0.3 is 0 Å². The van der Waals surface area contributed by atoms with E-state index >= 15 is 0 Å². The Kier molecular flexibility index (Phi) is 4.58. The Balaban J connectivity index is 1.50. The largest absolute Gasteiger partial charge is 0.384 e. The highest BCUT2D eigenvalue weighted by atomic mass is 19.1. The summed E-state index contributed by atoms with van der Waals surface area (Å²) in [6.45, 7) is 2.40. The summed E-state index contributed by atoms with van der Waals surface area (Å²) >= 11 is 0. The molecule has 5 nitrogen and oxygen atoms in total. The molecule has 138 valence electrons. The molecule has 0 unspecified atom stereocenters. The van der Waals surface area contributed by atoms with Crippen LogP contribution in [0.2, 0.25) is 0 Å². The number of fused-ring (bicyclic) bond motifs is 1. The minimum absolute atomic E-state index is 0.174. The monoisotopic (exact) mass is 367 g/mol. The third-order valence-electron chi connectivity index (χ3n) is 4.53. The van der Waals surface area contributed by atoms with Gasteiger partial charge < -0.3 is 15.6 Å². The van der Waals surface area contributed by atoms with Gasteiger partial charge in [0.1, 0.15) is 17.3 Å². The van der Waals surface area contributed by atoms with Crippen molar-refractivity contribution in [3.63, 3.8) is 0 Å². The highest BCUT2D eigenvalue weighted by Gasteiger charge is 2.12. The van der Waals surface area contributed by atoms with Gasteiger partial charge in [-0.3, -0.25) is 0 Å². The van der Waals surface area contributed by atoms with Crippen molar-refractivity contribution in [2.24, 2.45) is 0 Å². The molecule has 3 aromatic rings. The first kappa shape index (κ1) is 17.2. The normalized spacial score (nSPS) is 13.9. The molecule has 4 rings (SSSR count). The van der Waals surface area contributed by atoms with Crippen molar-refractivity contribution in [1.82, 2.24) is 20.3 Å². The zero-order chi connectivity index (χ0) is 18.8. The lowest BCUT2D eigenvalue weighted by Crippen LogP contribution is -2.17. The van der Waals surface area contributed by atoms with Crippen molar-refractivity contribution in [2.75, 3.05) is 18.4 Å². The minimum atomic E-state index is -0.537. The van der Waals surface area contributed by atoms with Crippen LogP contribution in [0, 0.1) is 12.9 Å². The first-order valence-electron chi connectivity index (χ1n) is 8.69. The van der Waals surface area contributed by atoms with Gasteiger partial charge in [0, 0.05) is 41.9 Å². The smallest absolute Gasteiger partial charge is 0.218 e. The lowest BCUT2D eigenvalue weighted by molar-refractivity contribution is 0.571. The van der Waals surface area contributed by atoms with E-state index in [1.807, 2.05) is 19.2 Å². The van der Waals surface area contributed by atoms with Gasteiger partial charge in [0.05, 0.1) is 6.54 Å². The summed E-state index contributed by atoms with van der Waals surface area (Å²) in [5.41, 5.74) is 3.83. The number of nitrogens with one attached hydrogen (secondary N) is 3. The molecular weight excluding hydrogens is 348 g/mol. The number of H-pyrrole nitrogens is 1. The van der Waals surface area contributed by atoms with E-state index in [1.165, 1.54) is 0 Å². The van der Waals surface area contributed by atoms with Gasteiger partial charge in [-0.25, -0.2) is 14.4 Å². The molecule has 0 radical (unpaired) electrons. The lowest BCUT2D eigenvalue weighted by atomic mass is 10.1. The highest BCUT2D eigenvalue weighted by Crippen LogP contribution is 2.22. The average Bonchev–Trinajstić information content (AvgIpc) is 3.05. The van der Waals surface area contributed by atoms with Gasteiger partial charge in [-0.15, -0.1) is 0 Å². The molecule has 3 N–H and O–H groups in total. The van der Waals surface area contributed by atoms with E-state index in [0.717, 1.165) is 22.2 Å². The third-order valence-corrected chi connectivity index (χ3v) is 4.53. The van der Waals surface area contributed by atoms with Gasteiger partial charge in [-0.05, 0) is 42.5 Å². The molecule has 1 aliphatic heterocycles. The topological polar surface area (TPSA) is 65.6 Å². The standard InChI is InChI=1S/C20H19F2N5/c1-12-6-16-15(10-26-20(16)25-8-12)7-13-2-3-18(27-19(13)22)24-9-14-4-5-23-11-17(14)21/h2-6,8,10,23H,7,9,11H2,1H3,(H,24,27)(H,25,26). The number of hydrogen-bond donors (Lipinski definition) is 3. The van der Waals surface area contributed by atoms with Gasteiger partial charge in [0.2, 0.25) is 5.95 Å². The Morgan fingerprint density at radius 3 is 2.93 bits per heavy atom. The first-order valence-corrected chi connectivity index (χ1v) is 8.69. The van der Waals surface area contributed by atoms with Crippen molar-refractivity contribution in [1.29, 1.82) is 0 Å². The van der Waals surface area contributed by atoms with Crippen molar-refractivity contribution in [2.45, 2.75) is 13.3 Å². The van der Waals surface area contributed by atoms with E-state index in [0.29, 0.717) is 23.4 Å². The molecule has 4 heterocycles. The third kappa shape index (κ3) is 3.67. The van der Waals surface area contributed by atoms with Crippen LogP contribution in [-0.2, 0) is 6.42 Å². The number of nitrogens with zero attached hydrogens (tertiary/aromatic N) is 2. The number of halogens is 2. The van der Waals surface area contributed by atoms with Crippen molar-refractivity contribution < 1.29 is 8.78 Å². The Labute approximate surface area is 155 Å². The van der Waals surface area contributed by atoms with E-state index in [-0.39, 0.29) is 18.9 Å². The molecule has 3 aromatic heterocycles. The van der Waals surface area contributed by atoms with Crippen LogP contribution in [0.25, 0.3) is 11.0 Å². The van der Waals surface area contributed by atoms with Crippen LogP contribution >= 0.6 is 0 Å². The second-order valence-corrected chi connectivity index (χ2v) is 6.54. The zero-order valence-corrected chi connectivity index (χ0v) is 14.8. The minimum Gasteiger partial charge on any atom is -0.384 e. The fourth-order valence-electron chi connectivity index (χ4n) is 3.06. The number of hydrogen-bond acceptors (Lipinski definition) is 4. The molecule has 0 saturated heterocycles. The van der Waals surface area contributed by atoms with Crippen LogP contribution in [0.5, 0.6) is 0 Å². The maximum atomic E-state index is 14.5. The van der Waals surface area contributed by atoms with E-state index in [4.69, 9.17) is 0 Å². The maximum absolute atomic E-state index is 14.5. The Morgan fingerprint density at radius 1 is 1.22 bits per heavy atom. The molecule has 27 heavy (non-hydrogen) atoms. The molecule has 0 spiro atoms. The fraction of sp³-hybridized carbons (Fsp3) is 0.200. The summed E-state index contributed by atoms with van der Waals surface area (Å²) in [5.74, 6) is -0.393. The van der Waals surface area contributed by atoms with Crippen LogP contribution in [0.1, 0.15) is 16.7 Å². The number of rotatable bonds is 5. The summed E-state index contributed by atoms with van der Waals surface area (Å²) in [5, 5.41) is 6.74. The molecule has 7 heteroatoms. The highest BCUT2D eigenvalue weighted by molar-refractivity contribution is 5.80. The number of anilines is 1. The number of aromatic nitrogens is 3. The summed E-state index contributed by atoms with van der Waals surface area (Å²) in [6, 6.07) is 5.44. The van der Waals surface area contributed by atoms with Crippen molar-refractivity contribution in [3.05, 3.63) is 76.9 Å². The fourth-order valence-corrected chi connectivity index (χ4v) is 3.06. The van der Waals surface area contributed by atoms with Gasteiger partial charge in [-0.1, -0.05) is 6.07 Å². The number of aryl methyl sites for hydroxylation is 1. The van der Waals surface area contributed by atoms with Crippen LogP contribution in [0.4, 0.5) is 14.6 Å². The summed E-state index contributed by atoms with van der Waals surface area (Å²) < 4.78 is 28.2. The van der Waals surface area contributed by atoms with Crippen LogP contribution in [-0.4, -0.2) is 28.0 Å². The molecular formula is C20H19F2N5. The maximum Gasteiger partial charge on any atom is 0.218 e. The van der Waals surface area contributed by atoms with E-state index in [1.54, 1.807) is 30.6 Å². The average molecular weight is 367 g/mol. The second kappa shape index (κ2) is 7.19. The van der Waals surface area contributed by atoms with E-state index in [9.17, 15) is 8.78 Å².